The van der Waals surface area contributed by atoms with Crippen LogP contribution in [0.15, 0.2) is 67.0 Å². The molecule has 0 aliphatic carbocycles. The fourth-order valence-corrected chi connectivity index (χ4v) is 4.21. The highest BCUT2D eigenvalue weighted by Gasteiger charge is 2.18. The minimum absolute atomic E-state index is 0.0896. The van der Waals surface area contributed by atoms with Gasteiger partial charge in [0.1, 0.15) is 23.5 Å². The number of hydrogen-bond acceptors (Lipinski definition) is 7. The number of carbonyl (C=O) groups excluding carboxylic acids is 1. The van der Waals surface area contributed by atoms with E-state index in [1.807, 2.05) is 74.5 Å². The number of carbonyl (C=O) groups is 1. The average molecular weight is 513 g/mol. The first-order valence-electron chi connectivity index (χ1n) is 12.1. The van der Waals surface area contributed by atoms with Crippen LogP contribution in [-0.4, -0.2) is 49.2 Å². The zero-order valence-electron chi connectivity index (χ0n) is 22.5. The van der Waals surface area contributed by atoms with Crippen LogP contribution < -0.4 is 19.5 Å². The second-order valence-corrected chi connectivity index (χ2v) is 8.96. The minimum Gasteiger partial charge on any atom is -0.497 e. The maximum Gasteiger partial charge on any atom is 0.254 e. The lowest BCUT2D eigenvalue weighted by Gasteiger charge is -2.21. The summed E-state index contributed by atoms with van der Waals surface area (Å²) in [4.78, 5) is 23.8. The summed E-state index contributed by atoms with van der Waals surface area (Å²) in [5.74, 6) is 2.37. The van der Waals surface area contributed by atoms with Gasteiger partial charge in [-0.25, -0.2) is 9.97 Å². The molecule has 8 heteroatoms. The Morgan fingerprint density at radius 3 is 2.32 bits per heavy atom. The summed E-state index contributed by atoms with van der Waals surface area (Å²) in [5.41, 5.74) is 5.92. The van der Waals surface area contributed by atoms with Gasteiger partial charge in [-0.1, -0.05) is 29.8 Å². The van der Waals surface area contributed by atoms with Gasteiger partial charge in [0.15, 0.2) is 11.6 Å². The number of rotatable bonds is 9. The van der Waals surface area contributed by atoms with Crippen LogP contribution in [0.4, 0.5) is 11.5 Å². The van der Waals surface area contributed by atoms with E-state index in [-0.39, 0.29) is 5.91 Å². The van der Waals surface area contributed by atoms with E-state index in [9.17, 15) is 4.79 Å². The van der Waals surface area contributed by atoms with Gasteiger partial charge >= 0.3 is 0 Å². The number of aromatic nitrogens is 2. The number of amides is 1. The molecule has 0 aliphatic heterocycles. The fourth-order valence-electron chi connectivity index (χ4n) is 4.21. The normalized spacial score (nSPS) is 10.6. The topological polar surface area (TPSA) is 85.8 Å². The summed E-state index contributed by atoms with van der Waals surface area (Å²) < 4.78 is 16.4. The third-order valence-electron chi connectivity index (χ3n) is 6.30. The molecule has 3 aromatic carbocycles. The maximum absolute atomic E-state index is 13.3. The Kier molecular flexibility index (Phi) is 8.11. The molecule has 1 heterocycles. The molecule has 0 aliphatic rings. The third-order valence-corrected chi connectivity index (χ3v) is 6.30. The first-order valence-corrected chi connectivity index (χ1v) is 12.1. The highest BCUT2D eigenvalue weighted by atomic mass is 16.5. The van der Waals surface area contributed by atoms with Gasteiger partial charge in [0.2, 0.25) is 0 Å². The van der Waals surface area contributed by atoms with E-state index in [1.54, 1.807) is 33.3 Å². The monoisotopic (exact) mass is 512 g/mol. The van der Waals surface area contributed by atoms with Gasteiger partial charge in [0.05, 0.1) is 21.3 Å². The van der Waals surface area contributed by atoms with Crippen molar-refractivity contribution >= 4 is 17.4 Å². The maximum atomic E-state index is 13.3. The Morgan fingerprint density at radius 2 is 1.66 bits per heavy atom. The molecule has 1 aromatic heterocycles. The molecule has 0 saturated heterocycles. The molecule has 1 N–H and O–H groups in total. The second kappa shape index (κ2) is 11.6. The number of ether oxygens (including phenoxy) is 3. The van der Waals surface area contributed by atoms with Crippen molar-refractivity contribution in [1.29, 1.82) is 0 Å². The number of nitrogens with one attached hydrogen (secondary N) is 1. The molecule has 4 aromatic rings. The number of aryl methyl sites for hydroxylation is 2. The van der Waals surface area contributed by atoms with E-state index >= 15 is 0 Å². The first kappa shape index (κ1) is 26.5. The van der Waals surface area contributed by atoms with E-state index in [1.165, 1.54) is 11.9 Å². The number of hydrogen-bond donors (Lipinski definition) is 1. The zero-order valence-corrected chi connectivity index (χ0v) is 22.5. The Hall–Kier alpha value is -4.59. The van der Waals surface area contributed by atoms with Crippen LogP contribution in [0.25, 0.3) is 11.3 Å². The molecule has 0 saturated carbocycles. The summed E-state index contributed by atoms with van der Waals surface area (Å²) in [6.07, 6.45) is 1.51. The summed E-state index contributed by atoms with van der Waals surface area (Å²) in [6.45, 7) is 4.35. The van der Waals surface area contributed by atoms with Crippen molar-refractivity contribution in [2.75, 3.05) is 33.7 Å². The van der Waals surface area contributed by atoms with Gasteiger partial charge in [-0.15, -0.1) is 0 Å². The smallest absolute Gasteiger partial charge is 0.254 e. The van der Waals surface area contributed by atoms with E-state index in [0.717, 1.165) is 22.4 Å². The number of methoxy groups -OCH3 is 3. The molecule has 0 unspecified atom stereocenters. The van der Waals surface area contributed by atoms with Crippen LogP contribution in [0.1, 0.15) is 27.0 Å². The Balaban J connectivity index is 1.53. The minimum atomic E-state index is -0.0896. The number of benzene rings is 3. The van der Waals surface area contributed by atoms with Crippen molar-refractivity contribution in [2.24, 2.45) is 0 Å². The van der Waals surface area contributed by atoms with Gasteiger partial charge in [-0.05, 0) is 49.7 Å². The van der Waals surface area contributed by atoms with Crippen LogP contribution in [0.2, 0.25) is 0 Å². The van der Waals surface area contributed by atoms with Crippen LogP contribution in [0, 0.1) is 13.8 Å². The van der Waals surface area contributed by atoms with Gasteiger partial charge < -0.3 is 24.4 Å². The number of nitrogens with zero attached hydrogens (tertiary/aromatic N) is 3. The second-order valence-electron chi connectivity index (χ2n) is 8.96. The fraction of sp³-hybridized carbons (Fsp3) is 0.233. The van der Waals surface area contributed by atoms with Crippen molar-refractivity contribution in [1.82, 2.24) is 14.9 Å². The van der Waals surface area contributed by atoms with E-state index < -0.39 is 0 Å². The molecule has 0 fully saturated rings. The van der Waals surface area contributed by atoms with Crippen molar-refractivity contribution in [3.8, 4) is 28.5 Å². The largest absolute Gasteiger partial charge is 0.497 e. The van der Waals surface area contributed by atoms with Crippen LogP contribution >= 0.6 is 0 Å². The Bertz CT molecular complexity index is 1440. The van der Waals surface area contributed by atoms with Crippen LogP contribution in [0.5, 0.6) is 17.2 Å². The van der Waals surface area contributed by atoms with Crippen molar-refractivity contribution in [3.05, 3.63) is 89.2 Å². The molecule has 8 nitrogen and oxygen atoms in total. The molecule has 196 valence electrons. The Labute approximate surface area is 223 Å². The molecule has 0 radical (unpaired) electrons. The predicted molar refractivity (Wildman–Crippen MR) is 149 cm³/mol. The SMILES string of the molecule is COc1ccc(CN(C)C(=O)c2ccc(Nc3ncnc(-c4ccc(C)cc4)c3OC)cc2C)c(OC)c1. The van der Waals surface area contributed by atoms with Gasteiger partial charge in [0, 0.05) is 42.0 Å². The number of anilines is 2. The molecular formula is C30H32N4O4. The third kappa shape index (κ3) is 5.70. The predicted octanol–water partition coefficient (Wildman–Crippen LogP) is 5.80. The molecule has 38 heavy (non-hydrogen) atoms. The molecule has 4 rings (SSSR count). The molecule has 1 amide bonds. The zero-order chi connectivity index (χ0) is 27.2. The highest BCUT2D eigenvalue weighted by molar-refractivity contribution is 5.96. The quantitative estimate of drug-likeness (QED) is 0.303. The van der Waals surface area contributed by atoms with E-state index in [2.05, 4.69) is 15.3 Å². The van der Waals surface area contributed by atoms with Crippen molar-refractivity contribution in [2.45, 2.75) is 20.4 Å². The standard InChI is InChI=1S/C30H32N4O4/c1-19-7-9-21(10-8-19)27-28(38-6)29(32-18-31-27)33-23-12-14-25(20(2)15-23)30(35)34(3)17-22-11-13-24(36-4)16-26(22)37-5/h7-16,18H,17H2,1-6H3,(H,31,32,33). The lowest BCUT2D eigenvalue weighted by molar-refractivity contribution is 0.0783. The van der Waals surface area contributed by atoms with Crippen LogP contribution in [0.3, 0.4) is 0 Å². The lowest BCUT2D eigenvalue weighted by Crippen LogP contribution is -2.27. The van der Waals surface area contributed by atoms with Gasteiger partial charge in [-0.2, -0.15) is 0 Å². The van der Waals surface area contributed by atoms with E-state index in [4.69, 9.17) is 14.2 Å². The highest BCUT2D eigenvalue weighted by Crippen LogP contribution is 2.35. The summed E-state index contributed by atoms with van der Waals surface area (Å²) in [7, 11) is 6.58. The van der Waals surface area contributed by atoms with Gasteiger partial charge in [-0.3, -0.25) is 4.79 Å². The summed E-state index contributed by atoms with van der Waals surface area (Å²) >= 11 is 0. The molecular weight excluding hydrogens is 480 g/mol. The van der Waals surface area contributed by atoms with E-state index in [0.29, 0.717) is 40.9 Å². The Morgan fingerprint density at radius 1 is 0.895 bits per heavy atom. The average Bonchev–Trinajstić information content (AvgIpc) is 2.93. The van der Waals surface area contributed by atoms with Crippen molar-refractivity contribution < 1.29 is 19.0 Å². The summed E-state index contributed by atoms with van der Waals surface area (Å²) in [6, 6.07) is 19.2. The molecule has 0 atom stereocenters. The first-order chi connectivity index (χ1) is 18.3. The summed E-state index contributed by atoms with van der Waals surface area (Å²) in [5, 5.41) is 3.32. The van der Waals surface area contributed by atoms with Crippen molar-refractivity contribution in [3.63, 3.8) is 0 Å². The van der Waals surface area contributed by atoms with Crippen LogP contribution in [-0.2, 0) is 6.54 Å². The van der Waals surface area contributed by atoms with Gasteiger partial charge in [0.25, 0.3) is 5.91 Å². The lowest BCUT2D eigenvalue weighted by atomic mass is 10.1. The molecule has 0 bridgehead atoms. The molecule has 0 spiro atoms.